The molecule has 1 rings (SSSR count). The highest BCUT2D eigenvalue weighted by Gasteiger charge is 2.39. The van der Waals surface area contributed by atoms with Crippen molar-refractivity contribution in [3.63, 3.8) is 0 Å². The van der Waals surface area contributed by atoms with Gasteiger partial charge >= 0.3 is 11.9 Å². The van der Waals surface area contributed by atoms with E-state index in [-0.39, 0.29) is 5.91 Å². The largest absolute Gasteiger partial charge is 0.469 e. The van der Waals surface area contributed by atoms with Gasteiger partial charge in [-0.3, -0.25) is 19.2 Å². The number of hydroxylamine groups is 1. The molecule has 1 N–H and O–H groups in total. The molecule has 2 amide bonds. The van der Waals surface area contributed by atoms with Gasteiger partial charge in [-0.2, -0.15) is 0 Å². The second kappa shape index (κ2) is 9.97. The van der Waals surface area contributed by atoms with E-state index in [4.69, 9.17) is 9.57 Å². The van der Waals surface area contributed by atoms with Crippen molar-refractivity contribution >= 4 is 23.8 Å². The van der Waals surface area contributed by atoms with Gasteiger partial charge in [-0.25, -0.2) is 10.3 Å². The average Bonchev–Trinajstić information content (AvgIpc) is 2.62. The summed E-state index contributed by atoms with van der Waals surface area (Å²) >= 11 is 0. The fourth-order valence-corrected chi connectivity index (χ4v) is 2.79. The van der Waals surface area contributed by atoms with Crippen LogP contribution in [-0.2, 0) is 33.5 Å². The van der Waals surface area contributed by atoms with Gasteiger partial charge < -0.3 is 14.4 Å². The first-order valence-electron chi connectivity index (χ1n) is 8.19. The molecule has 3 atom stereocenters. The van der Waals surface area contributed by atoms with E-state index in [1.807, 2.05) is 0 Å². The number of nitrogens with one attached hydrogen (secondary N) is 1. The number of carbonyl (C=O) groups is 4. The fourth-order valence-electron chi connectivity index (χ4n) is 2.79. The second-order valence-electron chi connectivity index (χ2n) is 6.01. The van der Waals surface area contributed by atoms with Crippen LogP contribution in [0.1, 0.15) is 39.5 Å². The summed E-state index contributed by atoms with van der Waals surface area (Å²) in [6.07, 6.45) is 2.90. The van der Waals surface area contributed by atoms with E-state index in [0.29, 0.717) is 12.8 Å². The Bertz CT molecular complexity index is 509. The summed E-state index contributed by atoms with van der Waals surface area (Å²) < 4.78 is 9.31. The predicted octanol–water partition coefficient (Wildman–Crippen LogP) is 0.381. The monoisotopic (exact) mass is 358 g/mol. The third-order valence-corrected chi connectivity index (χ3v) is 4.39. The average molecular weight is 358 g/mol. The Balaban J connectivity index is 2.61. The summed E-state index contributed by atoms with van der Waals surface area (Å²) in [7, 11) is 2.81. The summed E-state index contributed by atoms with van der Waals surface area (Å²) in [5.41, 5.74) is 2.12. The van der Waals surface area contributed by atoms with Gasteiger partial charge in [0.2, 0.25) is 12.7 Å². The molecule has 0 aromatic carbocycles. The van der Waals surface area contributed by atoms with Gasteiger partial charge in [-0.05, 0) is 19.8 Å². The highest BCUT2D eigenvalue weighted by atomic mass is 16.8. The van der Waals surface area contributed by atoms with Gasteiger partial charge in [0, 0.05) is 14.0 Å². The number of likely N-dealkylation sites (N-methyl/N-ethyl adjacent to an activating group) is 1. The normalized spacial score (nSPS) is 21.0. The van der Waals surface area contributed by atoms with Gasteiger partial charge in [0.1, 0.15) is 6.04 Å². The number of carbonyl (C=O) groups excluding carboxylic acids is 4. The standard InChI is InChI=1S/C16H26N2O7/c1-10(14(20)17-25-9-24-11(2)19)18(3)15(21)12-7-5-6-8-13(12)16(22)23-4/h10,12-13H,5-9H2,1-4H3,(H,17,20)/t10?,12-,13+/m0/s1. The number of rotatable bonds is 7. The van der Waals surface area contributed by atoms with Crippen molar-refractivity contribution in [3.05, 3.63) is 0 Å². The Morgan fingerprint density at radius 3 is 2.32 bits per heavy atom. The zero-order valence-corrected chi connectivity index (χ0v) is 15.1. The maximum atomic E-state index is 12.7. The minimum absolute atomic E-state index is 0.280. The lowest BCUT2D eigenvalue weighted by Crippen LogP contribution is -2.50. The van der Waals surface area contributed by atoms with Crippen LogP contribution < -0.4 is 5.48 Å². The zero-order valence-electron chi connectivity index (χ0n) is 15.1. The summed E-state index contributed by atoms with van der Waals surface area (Å²) in [6, 6.07) is -0.815. The van der Waals surface area contributed by atoms with Crippen LogP contribution in [0.5, 0.6) is 0 Å². The minimum Gasteiger partial charge on any atom is -0.469 e. The zero-order chi connectivity index (χ0) is 19.0. The third kappa shape index (κ3) is 6.00. The van der Waals surface area contributed by atoms with E-state index in [1.54, 1.807) is 6.92 Å². The molecule has 142 valence electrons. The van der Waals surface area contributed by atoms with Gasteiger partial charge in [-0.15, -0.1) is 0 Å². The van der Waals surface area contributed by atoms with E-state index >= 15 is 0 Å². The quantitative estimate of drug-likeness (QED) is 0.303. The van der Waals surface area contributed by atoms with Gasteiger partial charge in [-0.1, -0.05) is 12.8 Å². The topological polar surface area (TPSA) is 111 Å². The van der Waals surface area contributed by atoms with Gasteiger partial charge in [0.05, 0.1) is 18.9 Å². The number of hydrogen-bond donors (Lipinski definition) is 1. The van der Waals surface area contributed by atoms with Crippen molar-refractivity contribution in [1.82, 2.24) is 10.4 Å². The van der Waals surface area contributed by atoms with Crippen molar-refractivity contribution in [2.75, 3.05) is 21.0 Å². The summed E-state index contributed by atoms with van der Waals surface area (Å²) in [4.78, 5) is 53.3. The molecule has 1 unspecified atom stereocenters. The molecule has 0 bridgehead atoms. The predicted molar refractivity (Wildman–Crippen MR) is 85.6 cm³/mol. The van der Waals surface area contributed by atoms with E-state index in [0.717, 1.165) is 12.8 Å². The first-order valence-corrected chi connectivity index (χ1v) is 8.19. The van der Waals surface area contributed by atoms with Crippen LogP contribution in [0.3, 0.4) is 0 Å². The van der Waals surface area contributed by atoms with Crippen LogP contribution in [0.4, 0.5) is 0 Å². The Kier molecular flexibility index (Phi) is 8.33. The van der Waals surface area contributed by atoms with Crippen LogP contribution in [0.2, 0.25) is 0 Å². The number of methoxy groups -OCH3 is 1. The first-order chi connectivity index (χ1) is 11.8. The molecular formula is C16H26N2O7. The van der Waals surface area contributed by atoms with E-state index in [9.17, 15) is 19.2 Å². The molecule has 0 aliphatic heterocycles. The second-order valence-corrected chi connectivity index (χ2v) is 6.01. The maximum Gasteiger partial charge on any atom is 0.309 e. The van der Waals surface area contributed by atoms with Crippen LogP contribution in [0, 0.1) is 11.8 Å². The molecule has 0 heterocycles. The first kappa shape index (κ1) is 20.9. The molecule has 9 heteroatoms. The fraction of sp³-hybridized carbons (Fsp3) is 0.750. The molecule has 0 spiro atoms. The molecule has 1 aliphatic carbocycles. The van der Waals surface area contributed by atoms with E-state index in [2.05, 4.69) is 10.2 Å². The molecule has 9 nitrogen and oxygen atoms in total. The molecular weight excluding hydrogens is 332 g/mol. The van der Waals surface area contributed by atoms with E-state index in [1.165, 1.54) is 26.0 Å². The van der Waals surface area contributed by atoms with E-state index < -0.39 is 42.5 Å². The summed E-state index contributed by atoms with van der Waals surface area (Å²) in [6.45, 7) is 2.33. The number of esters is 2. The van der Waals surface area contributed by atoms with Gasteiger partial charge in [0.15, 0.2) is 0 Å². The number of hydrogen-bond acceptors (Lipinski definition) is 7. The number of ether oxygens (including phenoxy) is 2. The maximum absolute atomic E-state index is 12.7. The Morgan fingerprint density at radius 2 is 1.76 bits per heavy atom. The van der Waals surface area contributed by atoms with Crippen LogP contribution in [-0.4, -0.2) is 55.6 Å². The van der Waals surface area contributed by atoms with Crippen molar-refractivity contribution < 1.29 is 33.5 Å². The molecule has 0 saturated heterocycles. The minimum atomic E-state index is -0.815. The molecule has 1 aliphatic rings. The summed E-state index contributed by atoms with van der Waals surface area (Å²) in [5.74, 6) is -2.76. The Labute approximate surface area is 146 Å². The lowest BCUT2D eigenvalue weighted by Gasteiger charge is -2.33. The van der Waals surface area contributed by atoms with Crippen LogP contribution in [0.15, 0.2) is 0 Å². The Morgan fingerprint density at radius 1 is 1.16 bits per heavy atom. The van der Waals surface area contributed by atoms with Gasteiger partial charge in [0.25, 0.3) is 5.91 Å². The van der Waals surface area contributed by atoms with Crippen LogP contribution in [0.25, 0.3) is 0 Å². The molecule has 0 radical (unpaired) electrons. The highest BCUT2D eigenvalue weighted by Crippen LogP contribution is 2.32. The lowest BCUT2D eigenvalue weighted by molar-refractivity contribution is -0.168. The SMILES string of the molecule is COC(=O)[C@@H]1CCCC[C@@H]1C(=O)N(C)C(C)C(=O)NOCOC(C)=O. The Hall–Kier alpha value is -2.16. The molecule has 0 aromatic heterocycles. The van der Waals surface area contributed by atoms with Crippen molar-refractivity contribution in [2.45, 2.75) is 45.6 Å². The third-order valence-electron chi connectivity index (χ3n) is 4.39. The van der Waals surface area contributed by atoms with Crippen molar-refractivity contribution in [2.24, 2.45) is 11.8 Å². The number of nitrogens with zero attached hydrogens (tertiary/aromatic N) is 1. The highest BCUT2D eigenvalue weighted by molar-refractivity contribution is 5.90. The lowest BCUT2D eigenvalue weighted by atomic mass is 9.78. The molecule has 1 saturated carbocycles. The molecule has 1 fully saturated rings. The van der Waals surface area contributed by atoms with Crippen LogP contribution >= 0.6 is 0 Å². The van der Waals surface area contributed by atoms with Crippen molar-refractivity contribution in [1.29, 1.82) is 0 Å². The summed E-state index contributed by atoms with van der Waals surface area (Å²) in [5, 5.41) is 0. The molecule has 0 aromatic rings. The van der Waals surface area contributed by atoms with Crippen molar-refractivity contribution in [3.8, 4) is 0 Å². The molecule has 25 heavy (non-hydrogen) atoms. The number of amides is 2. The smallest absolute Gasteiger partial charge is 0.309 e.